The van der Waals surface area contributed by atoms with Gasteiger partial charge in [0.1, 0.15) is 12.2 Å². The Morgan fingerprint density at radius 1 is 1.69 bits per heavy atom. The van der Waals surface area contributed by atoms with Gasteiger partial charge in [-0.15, -0.1) is 6.42 Å². The SMILES string of the molecule is C#CCn1ncc(Cl)c(NCCCC)c1=O. The molecule has 1 aromatic rings. The van der Waals surface area contributed by atoms with Crippen LogP contribution in [0.2, 0.25) is 5.02 Å². The molecule has 16 heavy (non-hydrogen) atoms. The Kier molecular flexibility index (Phi) is 4.87. The Labute approximate surface area is 99.6 Å². The lowest BCUT2D eigenvalue weighted by Crippen LogP contribution is -2.26. The molecule has 0 radical (unpaired) electrons. The third-order valence-corrected chi connectivity index (χ3v) is 2.36. The molecular weight excluding hydrogens is 226 g/mol. The maximum atomic E-state index is 11.8. The average Bonchev–Trinajstić information content (AvgIpc) is 2.27. The second-order valence-electron chi connectivity index (χ2n) is 3.31. The zero-order valence-electron chi connectivity index (χ0n) is 9.16. The molecule has 0 aliphatic carbocycles. The number of aromatic nitrogens is 2. The molecule has 1 heterocycles. The first-order valence-corrected chi connectivity index (χ1v) is 5.51. The van der Waals surface area contributed by atoms with E-state index in [1.54, 1.807) is 0 Å². The molecular formula is C11H14ClN3O. The summed E-state index contributed by atoms with van der Waals surface area (Å²) in [5, 5.41) is 7.18. The first-order valence-electron chi connectivity index (χ1n) is 5.13. The molecule has 0 fully saturated rings. The van der Waals surface area contributed by atoms with Crippen molar-refractivity contribution >= 4 is 17.3 Å². The third kappa shape index (κ3) is 3.01. The molecule has 1 aromatic heterocycles. The highest BCUT2D eigenvalue weighted by molar-refractivity contribution is 6.32. The van der Waals surface area contributed by atoms with E-state index in [2.05, 4.69) is 23.3 Å². The number of rotatable bonds is 5. The largest absolute Gasteiger partial charge is 0.379 e. The third-order valence-electron chi connectivity index (χ3n) is 2.07. The summed E-state index contributed by atoms with van der Waals surface area (Å²) >= 11 is 5.89. The number of hydrogen-bond donors (Lipinski definition) is 1. The summed E-state index contributed by atoms with van der Waals surface area (Å²) in [6.07, 6.45) is 8.59. The zero-order valence-corrected chi connectivity index (χ0v) is 9.92. The van der Waals surface area contributed by atoms with Gasteiger partial charge in [-0.2, -0.15) is 5.10 Å². The normalized spacial score (nSPS) is 9.81. The molecule has 1 rings (SSSR count). The highest BCUT2D eigenvalue weighted by Gasteiger charge is 2.08. The number of terminal acetylenes is 1. The van der Waals surface area contributed by atoms with Crippen molar-refractivity contribution in [2.45, 2.75) is 26.3 Å². The monoisotopic (exact) mass is 239 g/mol. The Morgan fingerprint density at radius 2 is 2.44 bits per heavy atom. The van der Waals surface area contributed by atoms with Crippen LogP contribution in [0.1, 0.15) is 19.8 Å². The van der Waals surface area contributed by atoms with E-state index >= 15 is 0 Å². The Bertz CT molecular complexity index is 448. The van der Waals surface area contributed by atoms with Crippen LogP contribution in [0.15, 0.2) is 11.0 Å². The number of hydrogen-bond acceptors (Lipinski definition) is 3. The summed E-state index contributed by atoms with van der Waals surface area (Å²) in [5.41, 5.74) is 0.0990. The van der Waals surface area contributed by atoms with Gasteiger partial charge in [-0.05, 0) is 6.42 Å². The van der Waals surface area contributed by atoms with E-state index in [-0.39, 0.29) is 12.1 Å². The van der Waals surface area contributed by atoms with Gasteiger partial charge in [-0.25, -0.2) is 4.68 Å². The van der Waals surface area contributed by atoms with Crippen molar-refractivity contribution in [2.24, 2.45) is 0 Å². The molecule has 0 bridgehead atoms. The van der Waals surface area contributed by atoms with Crippen LogP contribution >= 0.6 is 11.6 Å². The van der Waals surface area contributed by atoms with Gasteiger partial charge in [0.15, 0.2) is 0 Å². The molecule has 0 aliphatic heterocycles. The van der Waals surface area contributed by atoms with Crippen LogP contribution in [0, 0.1) is 12.3 Å². The lowest BCUT2D eigenvalue weighted by molar-refractivity contribution is 0.663. The van der Waals surface area contributed by atoms with E-state index in [4.69, 9.17) is 18.0 Å². The minimum absolute atomic E-state index is 0.151. The van der Waals surface area contributed by atoms with Crippen LogP contribution in [0.4, 0.5) is 5.69 Å². The maximum Gasteiger partial charge on any atom is 0.292 e. The molecule has 0 saturated heterocycles. The van der Waals surface area contributed by atoms with Crippen molar-refractivity contribution in [1.29, 1.82) is 0 Å². The number of nitrogens with zero attached hydrogens (tertiary/aromatic N) is 2. The van der Waals surface area contributed by atoms with Gasteiger partial charge in [0, 0.05) is 6.54 Å². The lowest BCUT2D eigenvalue weighted by atomic mass is 10.3. The van der Waals surface area contributed by atoms with Gasteiger partial charge in [0.2, 0.25) is 0 Å². The molecule has 0 atom stereocenters. The van der Waals surface area contributed by atoms with Crippen LogP contribution in [0.5, 0.6) is 0 Å². The van der Waals surface area contributed by atoms with Crippen LogP contribution < -0.4 is 10.9 Å². The number of nitrogens with one attached hydrogen (secondary N) is 1. The summed E-state index contributed by atoms with van der Waals surface area (Å²) in [6.45, 7) is 2.94. The maximum absolute atomic E-state index is 11.8. The predicted molar refractivity (Wildman–Crippen MR) is 65.7 cm³/mol. The first kappa shape index (κ1) is 12.6. The molecule has 86 valence electrons. The van der Waals surface area contributed by atoms with Crippen molar-refractivity contribution in [3.8, 4) is 12.3 Å². The summed E-state index contributed by atoms with van der Waals surface area (Å²) in [7, 11) is 0. The zero-order chi connectivity index (χ0) is 12.0. The van der Waals surface area contributed by atoms with Crippen molar-refractivity contribution < 1.29 is 0 Å². The van der Waals surface area contributed by atoms with Gasteiger partial charge in [0.05, 0.1) is 11.2 Å². The molecule has 0 amide bonds. The molecule has 1 N–H and O–H groups in total. The summed E-state index contributed by atoms with van der Waals surface area (Å²) < 4.78 is 1.21. The van der Waals surface area contributed by atoms with Gasteiger partial charge in [-0.1, -0.05) is 30.9 Å². The van der Waals surface area contributed by atoms with Crippen molar-refractivity contribution in [3.05, 3.63) is 21.6 Å². The summed E-state index contributed by atoms with van der Waals surface area (Å²) in [6, 6.07) is 0. The highest BCUT2D eigenvalue weighted by atomic mass is 35.5. The van der Waals surface area contributed by atoms with E-state index in [0.29, 0.717) is 17.3 Å². The lowest BCUT2D eigenvalue weighted by Gasteiger charge is -2.08. The van der Waals surface area contributed by atoms with Crippen molar-refractivity contribution in [2.75, 3.05) is 11.9 Å². The standard InChI is InChI=1S/C11H14ClN3O/c1-3-5-6-13-10-9(12)8-14-15(7-4-2)11(10)16/h2,8,13H,3,5-7H2,1H3. The number of unbranched alkanes of at least 4 members (excludes halogenated alkanes) is 1. The van der Waals surface area contributed by atoms with E-state index in [0.717, 1.165) is 12.8 Å². The molecule has 0 aromatic carbocycles. The first-order chi connectivity index (χ1) is 7.70. The summed E-state index contributed by atoms with van der Waals surface area (Å²) in [5.74, 6) is 2.37. The van der Waals surface area contributed by atoms with E-state index in [1.165, 1.54) is 10.9 Å². The minimum atomic E-state index is -0.276. The molecule has 4 nitrogen and oxygen atoms in total. The molecule has 0 unspecified atom stereocenters. The smallest absolute Gasteiger partial charge is 0.292 e. The molecule has 0 spiro atoms. The fraction of sp³-hybridized carbons (Fsp3) is 0.455. The van der Waals surface area contributed by atoms with Gasteiger partial charge < -0.3 is 5.32 Å². The van der Waals surface area contributed by atoms with Gasteiger partial charge >= 0.3 is 0 Å². The van der Waals surface area contributed by atoms with Crippen LogP contribution in [-0.4, -0.2) is 16.3 Å². The number of anilines is 1. The minimum Gasteiger partial charge on any atom is -0.379 e. The fourth-order valence-electron chi connectivity index (χ4n) is 1.22. The predicted octanol–water partition coefficient (Wildman–Crippen LogP) is 1.74. The van der Waals surface area contributed by atoms with Crippen molar-refractivity contribution in [1.82, 2.24) is 9.78 Å². The Morgan fingerprint density at radius 3 is 3.06 bits per heavy atom. The average molecular weight is 240 g/mol. The Hall–Kier alpha value is -1.47. The second kappa shape index (κ2) is 6.19. The topological polar surface area (TPSA) is 46.9 Å². The van der Waals surface area contributed by atoms with E-state index in [1.807, 2.05) is 0 Å². The van der Waals surface area contributed by atoms with Gasteiger partial charge in [0.25, 0.3) is 5.56 Å². The van der Waals surface area contributed by atoms with E-state index in [9.17, 15) is 4.79 Å². The van der Waals surface area contributed by atoms with Crippen LogP contribution in [-0.2, 0) is 6.54 Å². The van der Waals surface area contributed by atoms with E-state index < -0.39 is 0 Å². The Balaban J connectivity index is 2.93. The highest BCUT2D eigenvalue weighted by Crippen LogP contribution is 2.14. The second-order valence-corrected chi connectivity index (χ2v) is 3.72. The van der Waals surface area contributed by atoms with Crippen molar-refractivity contribution in [3.63, 3.8) is 0 Å². The van der Waals surface area contributed by atoms with Gasteiger partial charge in [-0.3, -0.25) is 4.79 Å². The molecule has 5 heteroatoms. The van der Waals surface area contributed by atoms with Crippen LogP contribution in [0.3, 0.4) is 0 Å². The van der Waals surface area contributed by atoms with Crippen LogP contribution in [0.25, 0.3) is 0 Å². The molecule has 0 saturated carbocycles. The quantitative estimate of drug-likeness (QED) is 0.629. The number of halogens is 1. The molecule has 0 aliphatic rings. The fourth-order valence-corrected chi connectivity index (χ4v) is 1.41. The summed E-state index contributed by atoms with van der Waals surface area (Å²) in [4.78, 5) is 11.8.